The second-order valence-electron chi connectivity index (χ2n) is 2.66. The van der Waals surface area contributed by atoms with E-state index in [1.165, 1.54) is 0 Å². The fourth-order valence-electron chi connectivity index (χ4n) is 1.03. The van der Waals surface area contributed by atoms with Gasteiger partial charge in [-0.1, -0.05) is 12.1 Å². The van der Waals surface area contributed by atoms with Gasteiger partial charge in [-0.15, -0.1) is 6.58 Å². The Kier molecular flexibility index (Phi) is 3.74. The summed E-state index contributed by atoms with van der Waals surface area (Å²) in [4.78, 5) is 0. The Morgan fingerprint density at radius 1 is 1.62 bits per heavy atom. The average Bonchev–Trinajstić information content (AvgIpc) is 2.16. The van der Waals surface area contributed by atoms with Gasteiger partial charge in [-0.25, -0.2) is 0 Å². The Bertz CT molecular complexity index is 312. The molecule has 2 nitrogen and oxygen atoms in total. The largest absolute Gasteiger partial charge is 0.496 e. The molecule has 0 aliphatic carbocycles. The van der Waals surface area contributed by atoms with Gasteiger partial charge < -0.3 is 10.5 Å². The Morgan fingerprint density at radius 3 is 2.77 bits per heavy atom. The summed E-state index contributed by atoms with van der Waals surface area (Å²) in [6.45, 7) is 3.65. The summed E-state index contributed by atoms with van der Waals surface area (Å²) in [5.74, 6) is 0.876. The maximum Gasteiger partial charge on any atom is 0.132 e. The lowest BCUT2D eigenvalue weighted by Gasteiger charge is -2.09. The third kappa shape index (κ3) is 2.45. The molecule has 1 aromatic rings. The van der Waals surface area contributed by atoms with Crippen LogP contribution in [0.3, 0.4) is 0 Å². The summed E-state index contributed by atoms with van der Waals surface area (Å²) in [6.07, 6.45) is 1.72. The molecule has 2 N–H and O–H groups in total. The molecule has 0 saturated carbocycles. The number of rotatable bonds is 3. The van der Waals surface area contributed by atoms with Gasteiger partial charge in [0, 0.05) is 6.04 Å². The molecule has 0 aliphatic rings. The van der Waals surface area contributed by atoms with Gasteiger partial charge in [0.05, 0.1) is 10.7 Å². The highest BCUT2D eigenvalue weighted by atomic mass is 127. The van der Waals surface area contributed by atoms with Crippen molar-refractivity contribution in [3.8, 4) is 5.75 Å². The molecule has 1 rings (SSSR count). The van der Waals surface area contributed by atoms with Crippen LogP contribution in [0.4, 0.5) is 0 Å². The van der Waals surface area contributed by atoms with E-state index in [0.29, 0.717) is 0 Å². The number of nitrogens with two attached hydrogens (primary N) is 1. The molecule has 1 aromatic carbocycles. The highest BCUT2D eigenvalue weighted by molar-refractivity contribution is 14.1. The van der Waals surface area contributed by atoms with Crippen molar-refractivity contribution in [3.63, 3.8) is 0 Å². The maximum absolute atomic E-state index is 5.79. The number of benzene rings is 1. The molecule has 1 atom stereocenters. The predicted octanol–water partition coefficient (Wildman–Crippen LogP) is 2.49. The lowest BCUT2D eigenvalue weighted by atomic mass is 10.1. The number of halogens is 1. The van der Waals surface area contributed by atoms with E-state index in [0.717, 1.165) is 14.9 Å². The zero-order valence-corrected chi connectivity index (χ0v) is 9.61. The Balaban J connectivity index is 3.02. The maximum atomic E-state index is 5.79. The minimum absolute atomic E-state index is 0.0978. The smallest absolute Gasteiger partial charge is 0.132 e. The van der Waals surface area contributed by atoms with Crippen molar-refractivity contribution >= 4 is 22.6 Å². The van der Waals surface area contributed by atoms with Crippen LogP contribution in [0.1, 0.15) is 11.6 Å². The second kappa shape index (κ2) is 4.62. The molecule has 0 amide bonds. The minimum atomic E-state index is -0.0978. The van der Waals surface area contributed by atoms with Gasteiger partial charge in [-0.2, -0.15) is 0 Å². The van der Waals surface area contributed by atoms with E-state index in [1.807, 2.05) is 18.2 Å². The number of hydrogen-bond acceptors (Lipinski definition) is 2. The lowest BCUT2D eigenvalue weighted by Crippen LogP contribution is -2.06. The summed E-state index contributed by atoms with van der Waals surface area (Å²) in [5.41, 5.74) is 6.85. The average molecular weight is 289 g/mol. The van der Waals surface area contributed by atoms with Crippen molar-refractivity contribution < 1.29 is 4.74 Å². The van der Waals surface area contributed by atoms with Crippen LogP contribution in [-0.4, -0.2) is 7.11 Å². The Morgan fingerprint density at radius 2 is 2.31 bits per heavy atom. The summed E-state index contributed by atoms with van der Waals surface area (Å²) < 4.78 is 6.20. The van der Waals surface area contributed by atoms with Crippen LogP contribution in [0.25, 0.3) is 0 Å². The molecule has 0 fully saturated rings. The van der Waals surface area contributed by atoms with Crippen molar-refractivity contribution in [2.45, 2.75) is 6.04 Å². The number of methoxy groups -OCH3 is 1. The molecular weight excluding hydrogens is 277 g/mol. The molecule has 0 bridgehead atoms. The molecule has 1 unspecified atom stereocenters. The minimum Gasteiger partial charge on any atom is -0.496 e. The zero-order chi connectivity index (χ0) is 9.84. The summed E-state index contributed by atoms with van der Waals surface area (Å²) in [6, 6.07) is 5.78. The van der Waals surface area contributed by atoms with E-state index >= 15 is 0 Å². The van der Waals surface area contributed by atoms with Crippen LogP contribution in [0.2, 0.25) is 0 Å². The molecule has 0 saturated heterocycles. The first-order valence-electron chi connectivity index (χ1n) is 3.90. The monoisotopic (exact) mass is 289 g/mol. The number of hydrogen-bond donors (Lipinski definition) is 1. The Hall–Kier alpha value is -0.550. The first kappa shape index (κ1) is 10.5. The first-order chi connectivity index (χ1) is 6.19. The normalized spacial score (nSPS) is 12.2. The highest BCUT2D eigenvalue weighted by Crippen LogP contribution is 2.24. The topological polar surface area (TPSA) is 35.2 Å². The molecule has 0 heterocycles. The van der Waals surface area contributed by atoms with Crippen molar-refractivity contribution in [2.75, 3.05) is 7.11 Å². The molecule has 0 aromatic heterocycles. The third-order valence-electron chi connectivity index (χ3n) is 1.81. The second-order valence-corrected chi connectivity index (χ2v) is 3.82. The van der Waals surface area contributed by atoms with Gasteiger partial charge in [0.2, 0.25) is 0 Å². The quantitative estimate of drug-likeness (QED) is 0.685. The van der Waals surface area contributed by atoms with E-state index in [2.05, 4.69) is 29.2 Å². The summed E-state index contributed by atoms with van der Waals surface area (Å²) >= 11 is 2.22. The van der Waals surface area contributed by atoms with Gasteiger partial charge >= 0.3 is 0 Å². The van der Waals surface area contributed by atoms with E-state index in [9.17, 15) is 0 Å². The van der Waals surface area contributed by atoms with Crippen molar-refractivity contribution in [1.29, 1.82) is 0 Å². The Labute approximate surface area is 91.9 Å². The van der Waals surface area contributed by atoms with Gasteiger partial charge in [0.1, 0.15) is 5.75 Å². The van der Waals surface area contributed by atoms with Crippen LogP contribution in [0, 0.1) is 3.57 Å². The molecule has 13 heavy (non-hydrogen) atoms. The van der Waals surface area contributed by atoms with Crippen LogP contribution in [0.15, 0.2) is 30.9 Å². The highest BCUT2D eigenvalue weighted by Gasteiger charge is 2.04. The van der Waals surface area contributed by atoms with Gasteiger partial charge in [-0.3, -0.25) is 0 Å². The van der Waals surface area contributed by atoms with Crippen molar-refractivity contribution in [3.05, 3.63) is 40.0 Å². The van der Waals surface area contributed by atoms with Crippen LogP contribution in [-0.2, 0) is 0 Å². The molecule has 70 valence electrons. The zero-order valence-electron chi connectivity index (χ0n) is 7.46. The molecule has 3 heteroatoms. The van der Waals surface area contributed by atoms with E-state index in [4.69, 9.17) is 10.5 Å². The van der Waals surface area contributed by atoms with E-state index < -0.39 is 0 Å². The third-order valence-corrected chi connectivity index (χ3v) is 2.66. The van der Waals surface area contributed by atoms with Gasteiger partial charge in [-0.05, 0) is 40.3 Å². The van der Waals surface area contributed by atoms with Crippen LogP contribution in [0.5, 0.6) is 5.75 Å². The van der Waals surface area contributed by atoms with E-state index in [1.54, 1.807) is 13.2 Å². The summed E-state index contributed by atoms with van der Waals surface area (Å²) in [5, 5.41) is 0. The van der Waals surface area contributed by atoms with E-state index in [-0.39, 0.29) is 6.04 Å². The predicted molar refractivity (Wildman–Crippen MR) is 62.8 cm³/mol. The molecule has 0 aliphatic heterocycles. The van der Waals surface area contributed by atoms with Crippen molar-refractivity contribution in [1.82, 2.24) is 0 Å². The fraction of sp³-hybridized carbons (Fsp3) is 0.200. The standard InChI is InChI=1S/C10H12INO/c1-3-9(12)7-4-5-10(13-2)8(11)6-7/h3-6,9H,1,12H2,2H3. The van der Waals surface area contributed by atoms with Gasteiger partial charge in [0.25, 0.3) is 0 Å². The fourth-order valence-corrected chi connectivity index (χ4v) is 1.79. The molecular formula is C10H12INO. The SMILES string of the molecule is C=CC(N)c1ccc(OC)c(I)c1. The van der Waals surface area contributed by atoms with Crippen LogP contribution >= 0.6 is 22.6 Å². The van der Waals surface area contributed by atoms with Crippen LogP contribution < -0.4 is 10.5 Å². The molecule has 0 radical (unpaired) electrons. The van der Waals surface area contributed by atoms with Crippen molar-refractivity contribution in [2.24, 2.45) is 5.73 Å². The summed E-state index contributed by atoms with van der Waals surface area (Å²) in [7, 11) is 1.66. The molecule has 0 spiro atoms. The number of ether oxygens (including phenoxy) is 1. The lowest BCUT2D eigenvalue weighted by molar-refractivity contribution is 0.411. The van der Waals surface area contributed by atoms with Gasteiger partial charge in [0.15, 0.2) is 0 Å². The first-order valence-corrected chi connectivity index (χ1v) is 4.98.